The maximum atomic E-state index is 12.4. The predicted molar refractivity (Wildman–Crippen MR) is 149 cm³/mol. The number of nitrogens with zero attached hydrogens (tertiary/aromatic N) is 2. The van der Waals surface area contributed by atoms with E-state index in [0.717, 1.165) is 46.3 Å². The van der Waals surface area contributed by atoms with Gasteiger partial charge in [0.05, 0.1) is 13.3 Å². The number of amides is 1. The number of nitrogens with one attached hydrogen (secondary N) is 1. The molecule has 186 valence electrons. The summed E-state index contributed by atoms with van der Waals surface area (Å²) in [5.41, 5.74) is 9.12. The van der Waals surface area contributed by atoms with Crippen LogP contribution in [0.4, 0.5) is 0 Å². The highest BCUT2D eigenvalue weighted by Gasteiger charge is 2.14. The summed E-state index contributed by atoms with van der Waals surface area (Å²) in [6, 6.07) is 19.7. The highest BCUT2D eigenvalue weighted by atomic mass is 35.5. The Morgan fingerprint density at radius 1 is 1.06 bits per heavy atom. The number of benzene rings is 3. The van der Waals surface area contributed by atoms with E-state index >= 15 is 0 Å². The molecule has 0 aliphatic rings. The van der Waals surface area contributed by atoms with Crippen molar-refractivity contribution in [1.29, 1.82) is 0 Å². The molecule has 0 radical (unpaired) electrons. The minimum atomic E-state index is -0.105. The molecule has 4 rings (SSSR count). The van der Waals surface area contributed by atoms with Crippen molar-refractivity contribution in [3.05, 3.63) is 98.7 Å². The molecule has 5 nitrogen and oxygen atoms in total. The number of aromatic nitrogens is 1. The number of methoxy groups -OCH3 is 1. The van der Waals surface area contributed by atoms with Crippen LogP contribution < -0.4 is 10.2 Å². The predicted octanol–water partition coefficient (Wildman–Crippen LogP) is 7.09. The van der Waals surface area contributed by atoms with Gasteiger partial charge in [0.2, 0.25) is 5.91 Å². The molecule has 0 spiro atoms. The molecule has 0 saturated heterocycles. The third-order valence-electron chi connectivity index (χ3n) is 6.41. The summed E-state index contributed by atoms with van der Waals surface area (Å²) in [6.45, 7) is 4.71. The third-order valence-corrected chi connectivity index (χ3v) is 6.99. The van der Waals surface area contributed by atoms with Gasteiger partial charge < -0.3 is 9.30 Å². The van der Waals surface area contributed by atoms with E-state index in [-0.39, 0.29) is 5.91 Å². The molecule has 7 heteroatoms. The van der Waals surface area contributed by atoms with Gasteiger partial charge >= 0.3 is 0 Å². The fourth-order valence-electron chi connectivity index (χ4n) is 4.38. The van der Waals surface area contributed by atoms with Crippen molar-refractivity contribution in [3.8, 4) is 5.75 Å². The van der Waals surface area contributed by atoms with Gasteiger partial charge in [-0.05, 0) is 73.7 Å². The minimum absolute atomic E-state index is 0.105. The summed E-state index contributed by atoms with van der Waals surface area (Å²) >= 11 is 12.5. The molecule has 0 atom stereocenters. The van der Waals surface area contributed by atoms with Crippen LogP contribution >= 0.6 is 23.2 Å². The van der Waals surface area contributed by atoms with Crippen molar-refractivity contribution in [3.63, 3.8) is 0 Å². The average molecular weight is 522 g/mol. The van der Waals surface area contributed by atoms with E-state index in [1.54, 1.807) is 19.4 Å². The zero-order valence-corrected chi connectivity index (χ0v) is 22.2. The summed E-state index contributed by atoms with van der Waals surface area (Å²) in [5.74, 6) is 0.739. The van der Waals surface area contributed by atoms with Crippen LogP contribution in [0, 0.1) is 13.8 Å². The lowest BCUT2D eigenvalue weighted by Gasteiger charge is -2.10. The van der Waals surface area contributed by atoms with E-state index in [1.807, 2.05) is 43.3 Å². The van der Waals surface area contributed by atoms with Gasteiger partial charge in [0.25, 0.3) is 0 Å². The fraction of sp³-hybridized carbons (Fsp3) is 0.241. The molecule has 1 aromatic heterocycles. The van der Waals surface area contributed by atoms with E-state index in [9.17, 15) is 4.79 Å². The minimum Gasteiger partial charge on any atom is -0.497 e. The Morgan fingerprint density at radius 2 is 1.83 bits per heavy atom. The molecule has 3 aromatic carbocycles. The van der Waals surface area contributed by atoms with Gasteiger partial charge in [-0.25, -0.2) is 5.43 Å². The molecule has 1 heterocycles. The van der Waals surface area contributed by atoms with Gasteiger partial charge in [-0.15, -0.1) is 0 Å². The first-order chi connectivity index (χ1) is 17.4. The smallest absolute Gasteiger partial charge is 0.240 e. The molecule has 36 heavy (non-hydrogen) atoms. The van der Waals surface area contributed by atoms with Gasteiger partial charge in [-0.3, -0.25) is 4.79 Å². The van der Waals surface area contributed by atoms with Crippen molar-refractivity contribution >= 4 is 46.2 Å². The van der Waals surface area contributed by atoms with E-state index in [4.69, 9.17) is 27.9 Å². The summed E-state index contributed by atoms with van der Waals surface area (Å²) in [4.78, 5) is 12.4. The Hall–Kier alpha value is -3.28. The molecule has 0 fully saturated rings. The number of rotatable bonds is 9. The molecule has 0 saturated carbocycles. The lowest BCUT2D eigenvalue weighted by molar-refractivity contribution is -0.121. The number of carbonyl (C=O) groups is 1. The highest BCUT2D eigenvalue weighted by Crippen LogP contribution is 2.28. The Balaban J connectivity index is 1.42. The second kappa shape index (κ2) is 11.6. The van der Waals surface area contributed by atoms with Crippen LogP contribution in [0.15, 0.2) is 65.8 Å². The topological polar surface area (TPSA) is 55.6 Å². The molecular formula is C29H29Cl2N3O2. The average Bonchev–Trinajstić information content (AvgIpc) is 3.12. The Labute approximate surface area is 221 Å². The Bertz CT molecular complexity index is 1430. The van der Waals surface area contributed by atoms with Gasteiger partial charge in [0.15, 0.2) is 0 Å². The molecule has 0 unspecified atom stereocenters. The highest BCUT2D eigenvalue weighted by molar-refractivity contribution is 6.35. The molecular weight excluding hydrogens is 493 g/mol. The van der Waals surface area contributed by atoms with E-state index in [0.29, 0.717) is 23.0 Å². The SMILES string of the molecule is COc1ccc(CCCC(=O)N/N=C\c2c(C)n(Cc3ccc(Cl)cc3Cl)c3ccccc23)c(C)c1. The number of carbonyl (C=O) groups excluding carboxylic acids is 1. The van der Waals surface area contributed by atoms with E-state index < -0.39 is 0 Å². The fourth-order valence-corrected chi connectivity index (χ4v) is 4.85. The number of hydrogen-bond donors (Lipinski definition) is 1. The molecule has 0 aliphatic carbocycles. The number of para-hydroxylation sites is 1. The Morgan fingerprint density at radius 3 is 2.58 bits per heavy atom. The van der Waals surface area contributed by atoms with Crippen LogP contribution in [0.3, 0.4) is 0 Å². The largest absolute Gasteiger partial charge is 0.497 e. The van der Waals surface area contributed by atoms with Crippen molar-refractivity contribution in [2.24, 2.45) is 5.10 Å². The second-order valence-electron chi connectivity index (χ2n) is 8.78. The monoisotopic (exact) mass is 521 g/mol. The molecule has 0 aliphatic heterocycles. The lowest BCUT2D eigenvalue weighted by Crippen LogP contribution is -2.17. The summed E-state index contributed by atoms with van der Waals surface area (Å²) in [5, 5.41) is 6.58. The van der Waals surface area contributed by atoms with Crippen LogP contribution in [-0.2, 0) is 17.8 Å². The number of fused-ring (bicyclic) bond motifs is 1. The molecule has 1 amide bonds. The summed E-state index contributed by atoms with van der Waals surface area (Å²) < 4.78 is 7.46. The number of halogens is 2. The summed E-state index contributed by atoms with van der Waals surface area (Å²) in [6.07, 6.45) is 3.70. The van der Waals surface area contributed by atoms with Crippen LogP contribution in [0.2, 0.25) is 10.0 Å². The zero-order valence-electron chi connectivity index (χ0n) is 20.6. The van der Waals surface area contributed by atoms with Crippen LogP contribution in [0.5, 0.6) is 5.75 Å². The quantitative estimate of drug-likeness (QED) is 0.188. The van der Waals surface area contributed by atoms with Crippen LogP contribution in [0.25, 0.3) is 10.9 Å². The molecule has 0 bridgehead atoms. The van der Waals surface area contributed by atoms with E-state index in [1.165, 1.54) is 11.1 Å². The number of hydrogen-bond acceptors (Lipinski definition) is 3. The standard InChI is InChI=1S/C29H29Cl2N3O2/c1-19-15-24(36-3)14-12-21(19)7-6-10-29(35)33-32-17-26-20(2)34(28-9-5-4-8-25(26)28)18-22-11-13-23(30)16-27(22)31/h4-5,8-9,11-17H,6-7,10,18H2,1-3H3,(H,33,35)/b32-17-. The lowest BCUT2D eigenvalue weighted by atomic mass is 10.0. The molecule has 4 aromatic rings. The number of hydrazone groups is 1. The van der Waals surface area contributed by atoms with Crippen molar-refractivity contribution in [2.75, 3.05) is 7.11 Å². The van der Waals surface area contributed by atoms with Gasteiger partial charge in [-0.1, -0.05) is 53.5 Å². The normalized spacial score (nSPS) is 11.4. The van der Waals surface area contributed by atoms with Crippen molar-refractivity contribution < 1.29 is 9.53 Å². The van der Waals surface area contributed by atoms with E-state index in [2.05, 4.69) is 40.2 Å². The zero-order chi connectivity index (χ0) is 25.7. The third kappa shape index (κ3) is 5.92. The number of ether oxygens (including phenoxy) is 1. The maximum absolute atomic E-state index is 12.4. The van der Waals surface area contributed by atoms with Gasteiger partial charge in [0.1, 0.15) is 5.75 Å². The van der Waals surface area contributed by atoms with Gasteiger partial charge in [-0.2, -0.15) is 5.10 Å². The van der Waals surface area contributed by atoms with Crippen LogP contribution in [0.1, 0.15) is 40.8 Å². The maximum Gasteiger partial charge on any atom is 0.240 e. The first-order valence-corrected chi connectivity index (χ1v) is 12.6. The number of aryl methyl sites for hydroxylation is 2. The van der Waals surface area contributed by atoms with Gasteiger partial charge in [0, 0.05) is 45.2 Å². The van der Waals surface area contributed by atoms with Crippen molar-refractivity contribution in [1.82, 2.24) is 9.99 Å². The Kier molecular flexibility index (Phi) is 8.34. The van der Waals surface area contributed by atoms with Crippen LogP contribution in [-0.4, -0.2) is 23.8 Å². The molecule has 1 N–H and O–H groups in total. The first-order valence-electron chi connectivity index (χ1n) is 11.8. The first kappa shape index (κ1) is 25.8. The summed E-state index contributed by atoms with van der Waals surface area (Å²) in [7, 11) is 1.66. The second-order valence-corrected chi connectivity index (χ2v) is 9.62. The van der Waals surface area contributed by atoms with Crippen molar-refractivity contribution in [2.45, 2.75) is 39.7 Å².